The van der Waals surface area contributed by atoms with Crippen molar-refractivity contribution in [3.63, 3.8) is 0 Å². The second kappa shape index (κ2) is 7.35. The molecule has 0 N–H and O–H groups in total. The first-order valence-corrected chi connectivity index (χ1v) is 8.73. The van der Waals surface area contributed by atoms with Crippen LogP contribution >= 0.6 is 22.3 Å². The van der Waals surface area contributed by atoms with Crippen molar-refractivity contribution in [3.05, 3.63) is 60.0 Å². The maximum Gasteiger partial charge on any atom is 0.252 e. The lowest BCUT2D eigenvalue weighted by atomic mass is 9.98. The summed E-state index contributed by atoms with van der Waals surface area (Å²) in [6.07, 6.45) is 3.02. The topological polar surface area (TPSA) is 51.2 Å². The molecule has 2 unspecified atom stereocenters. The molecule has 2 atom stereocenters. The summed E-state index contributed by atoms with van der Waals surface area (Å²) in [7, 11) is 0.812. The highest BCUT2D eigenvalue weighted by Gasteiger charge is 2.45. The lowest BCUT2D eigenvalue weighted by Gasteiger charge is -2.26. The first kappa shape index (κ1) is 18.8. The summed E-state index contributed by atoms with van der Waals surface area (Å²) < 4.78 is 48.0. The molecule has 1 aromatic rings. The minimum absolute atomic E-state index is 0.407. The van der Waals surface area contributed by atoms with Gasteiger partial charge in [0.25, 0.3) is 5.24 Å². The van der Waals surface area contributed by atoms with E-state index in [0.717, 1.165) is 25.2 Å². The Morgan fingerprint density at radius 1 is 1.27 bits per heavy atom. The molecule has 0 aromatic heterocycles. The van der Waals surface area contributed by atoms with E-state index >= 15 is 0 Å². The Bertz CT molecular complexity index is 698. The zero-order chi connectivity index (χ0) is 17.0. The van der Waals surface area contributed by atoms with Crippen molar-refractivity contribution in [2.75, 3.05) is 0 Å². The van der Waals surface area contributed by atoms with Gasteiger partial charge in [-0.15, -0.1) is 0 Å². The van der Waals surface area contributed by atoms with Crippen LogP contribution in [0.3, 0.4) is 0 Å². The monoisotopic (exact) mass is 368 g/mol. The third-order valence-electron chi connectivity index (χ3n) is 2.83. The zero-order valence-electron chi connectivity index (χ0n) is 11.3. The van der Waals surface area contributed by atoms with Gasteiger partial charge in [0, 0.05) is 16.2 Å². The minimum atomic E-state index is -4.14. The third-order valence-corrected chi connectivity index (χ3v) is 4.83. The average Bonchev–Trinajstić information content (AvgIpc) is 2.42. The van der Waals surface area contributed by atoms with Gasteiger partial charge in [-0.3, -0.25) is 4.79 Å². The Kier molecular flexibility index (Phi) is 6.28. The van der Waals surface area contributed by atoms with Crippen LogP contribution in [-0.2, 0) is 9.05 Å². The molecule has 1 aliphatic carbocycles. The van der Waals surface area contributed by atoms with E-state index in [9.17, 15) is 22.0 Å². The molecular weight excluding hydrogens is 357 g/mol. The number of allylic oxidation sites excluding steroid dienone is 3. The Morgan fingerprint density at radius 3 is 2.18 bits per heavy atom. The first-order chi connectivity index (χ1) is 10.1. The van der Waals surface area contributed by atoms with Crippen molar-refractivity contribution in [1.29, 1.82) is 0 Å². The molecule has 0 bridgehead atoms. The maximum absolute atomic E-state index is 13.5. The fourth-order valence-electron chi connectivity index (χ4n) is 1.65. The molecule has 22 heavy (non-hydrogen) atoms. The number of hydrogen-bond acceptors (Lipinski definition) is 3. The smallest absolute Gasteiger partial charge is 0.252 e. The molecule has 0 spiro atoms. The van der Waals surface area contributed by atoms with Gasteiger partial charge in [-0.1, -0.05) is 42.5 Å². The molecule has 0 saturated carbocycles. The van der Waals surface area contributed by atoms with Gasteiger partial charge in [-0.2, -0.15) is 0 Å². The van der Waals surface area contributed by atoms with E-state index < -0.39 is 31.0 Å². The quantitative estimate of drug-likeness (QED) is 0.737. The Morgan fingerprint density at radius 2 is 1.82 bits per heavy atom. The maximum atomic E-state index is 13.5. The van der Waals surface area contributed by atoms with Crippen LogP contribution in [0.1, 0.15) is 17.3 Å². The summed E-state index contributed by atoms with van der Waals surface area (Å²) in [5.74, 6) is -1.13. The van der Waals surface area contributed by atoms with Crippen LogP contribution in [0, 0.1) is 0 Å². The summed E-state index contributed by atoms with van der Waals surface area (Å²) in [5.41, 5.74) is -2.03. The fraction of sp³-hybridized carbons (Fsp3) is 0.214. The molecule has 3 nitrogen and oxygen atoms in total. The highest BCUT2D eigenvalue weighted by Crippen LogP contribution is 2.35. The highest BCUT2D eigenvalue weighted by atomic mass is 35.7. The van der Waals surface area contributed by atoms with Gasteiger partial charge in [-0.05, 0) is 24.6 Å². The lowest BCUT2D eigenvalue weighted by molar-refractivity contribution is 0.108. The van der Waals surface area contributed by atoms with Gasteiger partial charge < -0.3 is 0 Å². The number of alkyl halides is 1. The number of carbonyl (C=O) groups is 1. The van der Waals surface area contributed by atoms with Crippen LogP contribution < -0.4 is 0 Å². The molecule has 0 fully saturated rings. The molecule has 1 aromatic carbocycles. The van der Waals surface area contributed by atoms with Crippen LogP contribution in [0.15, 0.2) is 54.4 Å². The van der Waals surface area contributed by atoms with E-state index in [1.807, 2.05) is 6.07 Å². The summed E-state index contributed by atoms with van der Waals surface area (Å²) in [6.45, 7) is 0.840. The molecular formula is C14H12Cl2F2O3S. The van der Waals surface area contributed by atoms with Crippen molar-refractivity contribution in [1.82, 2.24) is 0 Å². The standard InChI is InChI=1S/C7H7ClF2O2S.C7H5ClO/c1-7(10)5(9)3-2-4-6(7)13(8,11)12;8-7(9)6-4-2-1-3-5-6/h2-4,6H,1H3;1-5H. The van der Waals surface area contributed by atoms with Crippen LogP contribution in [-0.4, -0.2) is 24.6 Å². The van der Waals surface area contributed by atoms with E-state index in [4.69, 9.17) is 22.3 Å². The van der Waals surface area contributed by atoms with Crippen molar-refractivity contribution in [2.24, 2.45) is 0 Å². The molecule has 8 heteroatoms. The van der Waals surface area contributed by atoms with Gasteiger partial charge in [0.2, 0.25) is 9.05 Å². The number of rotatable bonds is 2. The molecule has 120 valence electrons. The molecule has 0 saturated heterocycles. The minimum Gasteiger partial charge on any atom is -0.276 e. The molecule has 0 heterocycles. The molecule has 0 aliphatic heterocycles. The Balaban J connectivity index is 0.000000235. The second-order valence-electron chi connectivity index (χ2n) is 4.51. The van der Waals surface area contributed by atoms with E-state index in [2.05, 4.69) is 0 Å². The Labute approximate surface area is 136 Å². The van der Waals surface area contributed by atoms with E-state index in [0.29, 0.717) is 5.56 Å². The van der Waals surface area contributed by atoms with E-state index in [1.165, 1.54) is 0 Å². The van der Waals surface area contributed by atoms with Gasteiger partial charge in [0.15, 0.2) is 5.67 Å². The van der Waals surface area contributed by atoms with Crippen LogP contribution in [0.5, 0.6) is 0 Å². The molecule has 1 aliphatic rings. The predicted octanol–water partition coefficient (Wildman–Crippen LogP) is 4.14. The summed E-state index contributed by atoms with van der Waals surface area (Å²) in [5, 5.41) is -2.07. The highest BCUT2D eigenvalue weighted by molar-refractivity contribution is 8.14. The number of carbonyl (C=O) groups excluding carboxylic acids is 1. The van der Waals surface area contributed by atoms with Crippen molar-refractivity contribution in [3.8, 4) is 0 Å². The van der Waals surface area contributed by atoms with E-state index in [-0.39, 0.29) is 0 Å². The van der Waals surface area contributed by atoms with Crippen LogP contribution in [0.2, 0.25) is 0 Å². The summed E-state index contributed by atoms with van der Waals surface area (Å²) in [6, 6.07) is 8.74. The Hall–Kier alpha value is -1.24. The van der Waals surface area contributed by atoms with Gasteiger partial charge in [0.1, 0.15) is 11.1 Å². The second-order valence-corrected chi connectivity index (χ2v) is 7.60. The van der Waals surface area contributed by atoms with Crippen molar-refractivity contribution < 1.29 is 22.0 Å². The van der Waals surface area contributed by atoms with Gasteiger partial charge >= 0.3 is 0 Å². The van der Waals surface area contributed by atoms with Crippen LogP contribution in [0.25, 0.3) is 0 Å². The normalized spacial score (nSPS) is 24.0. The zero-order valence-corrected chi connectivity index (χ0v) is 13.7. The molecule has 0 amide bonds. The molecule has 0 radical (unpaired) electrons. The SMILES string of the molecule is CC1(F)C(F)=CC=CC1S(=O)(=O)Cl.O=C(Cl)c1ccccc1. The lowest BCUT2D eigenvalue weighted by Crippen LogP contribution is -2.39. The van der Waals surface area contributed by atoms with Gasteiger partial charge in [0.05, 0.1) is 0 Å². The van der Waals surface area contributed by atoms with Gasteiger partial charge in [-0.25, -0.2) is 17.2 Å². The van der Waals surface area contributed by atoms with Crippen LogP contribution in [0.4, 0.5) is 8.78 Å². The number of hydrogen-bond donors (Lipinski definition) is 0. The van der Waals surface area contributed by atoms with E-state index in [1.54, 1.807) is 24.3 Å². The van der Waals surface area contributed by atoms with Crippen molar-refractivity contribution in [2.45, 2.75) is 17.8 Å². The average molecular weight is 369 g/mol. The number of halogens is 4. The summed E-state index contributed by atoms with van der Waals surface area (Å²) >= 11 is 5.16. The predicted molar refractivity (Wildman–Crippen MR) is 83.0 cm³/mol. The third kappa shape index (κ3) is 4.90. The number of benzene rings is 1. The summed E-state index contributed by atoms with van der Waals surface area (Å²) in [4.78, 5) is 10.4. The largest absolute Gasteiger partial charge is 0.276 e. The van der Waals surface area contributed by atoms with Crippen molar-refractivity contribution >= 4 is 36.6 Å². The fourth-order valence-corrected chi connectivity index (χ4v) is 3.37. The first-order valence-electron chi connectivity index (χ1n) is 5.98. The molecule has 2 rings (SSSR count).